The van der Waals surface area contributed by atoms with E-state index in [0.717, 1.165) is 6.42 Å². The fourth-order valence-corrected chi connectivity index (χ4v) is 3.73. The Morgan fingerprint density at radius 3 is 2.16 bits per heavy atom. The number of hydrogen-bond acceptors (Lipinski definition) is 4. The smallest absolute Gasteiger partial charge is 0.327 e. The summed E-state index contributed by atoms with van der Waals surface area (Å²) in [6, 6.07) is 7.62. The van der Waals surface area contributed by atoms with Gasteiger partial charge in [-0.2, -0.15) is 24.4 Å². The summed E-state index contributed by atoms with van der Waals surface area (Å²) < 4.78 is 0. The van der Waals surface area contributed by atoms with Gasteiger partial charge >= 0.3 is 5.97 Å². The van der Waals surface area contributed by atoms with Gasteiger partial charge in [-0.25, -0.2) is 4.79 Å². The third-order valence-corrected chi connectivity index (χ3v) is 6.23. The van der Waals surface area contributed by atoms with E-state index >= 15 is 0 Å². The summed E-state index contributed by atoms with van der Waals surface area (Å²) in [7, 11) is 0. The molecule has 0 heterocycles. The third kappa shape index (κ3) is 6.94. The van der Waals surface area contributed by atoms with Crippen LogP contribution in [0.4, 0.5) is 0 Å². The quantitative estimate of drug-likeness (QED) is 0.532. The van der Waals surface area contributed by atoms with Gasteiger partial charge in [0.2, 0.25) is 5.91 Å². The first-order valence-corrected chi connectivity index (χ1v) is 10.3. The molecular weight excluding hydrogens is 354 g/mol. The number of hydrogen-bond donors (Lipinski definition) is 3. The Morgan fingerprint density at radius 1 is 1.16 bits per heavy atom. The standard InChI is InChI=1S/C19H29NO3S2/c1-5-17(15-8-6-14(7-9-15)12(2)3)25-11-16(19(22)23)20-18(21)13(4)10-24/h6-9,12-13,16-17,24H,5,10-11H2,1-4H3,(H,20,21)(H,22,23)/t13-,16+,17?/m1/s1. The van der Waals surface area contributed by atoms with E-state index < -0.39 is 12.0 Å². The second kappa shape index (κ2) is 10.8. The molecule has 6 heteroatoms. The second-order valence-corrected chi connectivity index (χ2v) is 8.14. The van der Waals surface area contributed by atoms with Crippen molar-refractivity contribution in [2.75, 3.05) is 11.5 Å². The monoisotopic (exact) mass is 383 g/mol. The molecule has 0 aliphatic heterocycles. The molecule has 1 amide bonds. The Hall–Kier alpha value is -1.14. The van der Waals surface area contributed by atoms with Crippen molar-refractivity contribution < 1.29 is 14.7 Å². The summed E-state index contributed by atoms with van der Waals surface area (Å²) >= 11 is 5.66. The molecule has 3 atom stereocenters. The molecule has 1 rings (SSSR count). The lowest BCUT2D eigenvalue weighted by molar-refractivity contribution is -0.141. The van der Waals surface area contributed by atoms with E-state index in [9.17, 15) is 14.7 Å². The van der Waals surface area contributed by atoms with Crippen LogP contribution in [0.15, 0.2) is 24.3 Å². The van der Waals surface area contributed by atoms with Crippen molar-refractivity contribution in [2.24, 2.45) is 5.92 Å². The zero-order valence-corrected chi connectivity index (χ0v) is 17.1. The number of carbonyl (C=O) groups excluding carboxylic acids is 1. The lowest BCUT2D eigenvalue weighted by atomic mass is 10.0. The zero-order chi connectivity index (χ0) is 19.0. The molecule has 25 heavy (non-hydrogen) atoms. The van der Waals surface area contributed by atoms with Gasteiger partial charge in [-0.1, -0.05) is 52.0 Å². The van der Waals surface area contributed by atoms with Crippen molar-refractivity contribution in [1.82, 2.24) is 5.32 Å². The van der Waals surface area contributed by atoms with Crippen LogP contribution < -0.4 is 5.32 Å². The summed E-state index contributed by atoms with van der Waals surface area (Å²) in [5.41, 5.74) is 2.48. The summed E-state index contributed by atoms with van der Waals surface area (Å²) in [4.78, 5) is 23.4. The van der Waals surface area contributed by atoms with Gasteiger partial charge in [-0.05, 0) is 23.5 Å². The molecular formula is C19H29NO3S2. The lowest BCUT2D eigenvalue weighted by Crippen LogP contribution is -2.45. The van der Waals surface area contributed by atoms with Gasteiger partial charge in [0.15, 0.2) is 0 Å². The second-order valence-electron chi connectivity index (χ2n) is 6.53. The summed E-state index contributed by atoms with van der Waals surface area (Å²) in [6.07, 6.45) is 0.902. The van der Waals surface area contributed by atoms with Gasteiger partial charge in [0, 0.05) is 22.7 Å². The largest absolute Gasteiger partial charge is 0.480 e. The first-order chi connectivity index (χ1) is 11.8. The topological polar surface area (TPSA) is 66.4 Å². The average molecular weight is 384 g/mol. The first kappa shape index (κ1) is 21.9. The highest BCUT2D eigenvalue weighted by molar-refractivity contribution is 7.99. The number of thiol groups is 1. The normalized spacial score (nSPS) is 14.8. The van der Waals surface area contributed by atoms with Crippen LogP contribution in [0.1, 0.15) is 56.4 Å². The van der Waals surface area contributed by atoms with Gasteiger partial charge in [0.1, 0.15) is 6.04 Å². The fraction of sp³-hybridized carbons (Fsp3) is 0.579. The van der Waals surface area contributed by atoms with Crippen molar-refractivity contribution >= 4 is 36.3 Å². The number of benzene rings is 1. The average Bonchev–Trinajstić information content (AvgIpc) is 2.60. The Bertz CT molecular complexity index is 560. The molecule has 0 aliphatic rings. The van der Waals surface area contributed by atoms with Gasteiger partial charge in [-0.15, -0.1) is 0 Å². The number of nitrogens with one attached hydrogen (secondary N) is 1. The molecule has 0 saturated heterocycles. The minimum Gasteiger partial charge on any atom is -0.480 e. The Labute approximate surface area is 160 Å². The van der Waals surface area contributed by atoms with Gasteiger partial charge < -0.3 is 10.4 Å². The van der Waals surface area contributed by atoms with Crippen LogP contribution in [0.2, 0.25) is 0 Å². The van der Waals surface area contributed by atoms with Crippen LogP contribution in [0.3, 0.4) is 0 Å². The molecule has 1 aromatic rings. The van der Waals surface area contributed by atoms with Crippen LogP contribution in [-0.2, 0) is 9.59 Å². The first-order valence-electron chi connectivity index (χ1n) is 8.65. The Morgan fingerprint density at radius 2 is 1.72 bits per heavy atom. The molecule has 1 unspecified atom stereocenters. The van der Waals surface area contributed by atoms with Crippen molar-refractivity contribution in [3.8, 4) is 0 Å². The SMILES string of the molecule is CCC(SC[C@H](NC(=O)[C@H](C)CS)C(=O)O)c1ccc(C(C)C)cc1. The van der Waals surface area contributed by atoms with Gasteiger partial charge in [0.05, 0.1) is 0 Å². The highest BCUT2D eigenvalue weighted by Crippen LogP contribution is 2.33. The van der Waals surface area contributed by atoms with Crippen LogP contribution in [0.5, 0.6) is 0 Å². The molecule has 0 aromatic heterocycles. The maximum Gasteiger partial charge on any atom is 0.327 e. The van der Waals surface area contributed by atoms with Crippen LogP contribution in [-0.4, -0.2) is 34.5 Å². The van der Waals surface area contributed by atoms with Crippen molar-refractivity contribution in [3.63, 3.8) is 0 Å². The third-order valence-electron chi connectivity index (χ3n) is 4.15. The van der Waals surface area contributed by atoms with E-state index in [2.05, 4.69) is 63.0 Å². The predicted octanol–water partition coefficient (Wildman–Crippen LogP) is 4.13. The minimum absolute atomic E-state index is 0.210. The summed E-state index contributed by atoms with van der Waals surface area (Å²) in [5.74, 6) is -0.354. The van der Waals surface area contributed by atoms with Crippen LogP contribution in [0, 0.1) is 5.92 Å². The molecule has 0 saturated carbocycles. The number of rotatable bonds is 10. The van der Waals surface area contributed by atoms with E-state index in [1.54, 1.807) is 18.7 Å². The minimum atomic E-state index is -1.00. The highest BCUT2D eigenvalue weighted by atomic mass is 32.2. The van der Waals surface area contributed by atoms with Gasteiger partial charge in [0.25, 0.3) is 0 Å². The van der Waals surface area contributed by atoms with E-state index in [1.165, 1.54) is 11.1 Å². The maximum absolute atomic E-state index is 11.9. The molecule has 2 N–H and O–H groups in total. The van der Waals surface area contributed by atoms with Crippen molar-refractivity contribution in [2.45, 2.75) is 51.3 Å². The molecule has 4 nitrogen and oxygen atoms in total. The number of carbonyl (C=O) groups is 2. The zero-order valence-electron chi connectivity index (χ0n) is 15.4. The highest BCUT2D eigenvalue weighted by Gasteiger charge is 2.24. The van der Waals surface area contributed by atoms with Gasteiger partial charge in [-0.3, -0.25) is 4.79 Å². The van der Waals surface area contributed by atoms with Crippen LogP contribution in [0.25, 0.3) is 0 Å². The Kier molecular flexibility index (Phi) is 9.43. The maximum atomic E-state index is 11.9. The van der Waals surface area contributed by atoms with E-state index in [1.807, 2.05) is 0 Å². The fourth-order valence-electron chi connectivity index (χ4n) is 2.33. The number of carboxylic acids is 1. The summed E-state index contributed by atoms with van der Waals surface area (Å²) in [6.45, 7) is 8.14. The Balaban J connectivity index is 2.72. The number of carboxylic acid groups (broad SMARTS) is 1. The molecule has 0 spiro atoms. The number of amides is 1. The number of aliphatic carboxylic acids is 1. The predicted molar refractivity (Wildman–Crippen MR) is 109 cm³/mol. The molecule has 0 radical (unpaired) electrons. The molecule has 0 aliphatic carbocycles. The van der Waals surface area contributed by atoms with E-state index in [4.69, 9.17) is 0 Å². The molecule has 0 bridgehead atoms. The van der Waals surface area contributed by atoms with Crippen LogP contribution >= 0.6 is 24.4 Å². The van der Waals surface area contributed by atoms with Crippen molar-refractivity contribution in [3.05, 3.63) is 35.4 Å². The van der Waals surface area contributed by atoms with Crippen molar-refractivity contribution in [1.29, 1.82) is 0 Å². The lowest BCUT2D eigenvalue weighted by Gasteiger charge is -2.21. The molecule has 140 valence electrons. The number of thioether (sulfide) groups is 1. The summed E-state index contributed by atoms with van der Waals surface area (Å²) in [5, 5.41) is 12.2. The van der Waals surface area contributed by atoms with E-state index in [0.29, 0.717) is 17.4 Å². The molecule has 1 aromatic carbocycles. The van der Waals surface area contributed by atoms with E-state index in [-0.39, 0.29) is 17.1 Å². The molecule has 0 fully saturated rings.